The number of hydrogen-bond acceptors (Lipinski definition) is 2. The van der Waals surface area contributed by atoms with E-state index in [9.17, 15) is 0 Å². The van der Waals surface area contributed by atoms with Gasteiger partial charge in [0.1, 0.15) is 0 Å². The van der Waals surface area contributed by atoms with Crippen molar-refractivity contribution in [3.8, 4) is 0 Å². The number of hydrogen-bond donors (Lipinski definition) is 1. The van der Waals surface area contributed by atoms with Crippen molar-refractivity contribution < 1.29 is 4.74 Å². The van der Waals surface area contributed by atoms with Gasteiger partial charge >= 0.3 is 0 Å². The summed E-state index contributed by atoms with van der Waals surface area (Å²) in [6.45, 7) is 6.88. The number of nitrogens with two attached hydrogens (primary N) is 1. The van der Waals surface area contributed by atoms with Crippen LogP contribution < -0.4 is 5.73 Å². The Morgan fingerprint density at radius 1 is 0.750 bits per heavy atom. The van der Waals surface area contributed by atoms with Gasteiger partial charge in [-0.1, -0.05) is 83.8 Å². The maximum absolute atomic E-state index is 5.62. The molecule has 0 aromatic carbocycles. The molecule has 0 aliphatic carbocycles. The van der Waals surface area contributed by atoms with Crippen LogP contribution in [0.2, 0.25) is 0 Å². The molecule has 0 spiro atoms. The highest BCUT2D eigenvalue weighted by atomic mass is 16.5. The first-order valence-electron chi connectivity index (χ1n) is 10.7. The molecule has 0 saturated carbocycles. The highest BCUT2D eigenvalue weighted by molar-refractivity contribution is 4.81. The van der Waals surface area contributed by atoms with Gasteiger partial charge in [-0.15, -0.1) is 0 Å². The van der Waals surface area contributed by atoms with Crippen LogP contribution in [0.5, 0.6) is 0 Å². The number of allylic oxidation sites excluding steroid dienone is 2. The smallest absolute Gasteiger partial charge is 0.0503 e. The highest BCUT2D eigenvalue weighted by Gasteiger charge is 1.98. The molecule has 0 heterocycles. The number of rotatable bonds is 19. The Morgan fingerprint density at radius 3 is 1.79 bits per heavy atom. The molecule has 24 heavy (non-hydrogen) atoms. The van der Waals surface area contributed by atoms with Crippen molar-refractivity contribution in [2.75, 3.05) is 19.8 Å². The van der Waals surface area contributed by atoms with E-state index >= 15 is 0 Å². The first-order chi connectivity index (χ1) is 11.8. The van der Waals surface area contributed by atoms with E-state index in [0.717, 1.165) is 19.8 Å². The van der Waals surface area contributed by atoms with Gasteiger partial charge in [0.15, 0.2) is 0 Å². The lowest BCUT2D eigenvalue weighted by Crippen LogP contribution is -2.16. The standard InChI is InChI=1S/C22H45NO/c1-3-4-5-6-7-8-9-10-11-12-13-14-15-16-17-18-19-24-21-22(2)20-23/h10-11,22H,3-9,12-21,23H2,1-2H3/b11-10-. The van der Waals surface area contributed by atoms with Gasteiger partial charge in [-0.3, -0.25) is 0 Å². The zero-order valence-corrected chi connectivity index (χ0v) is 16.7. The van der Waals surface area contributed by atoms with Crippen molar-refractivity contribution in [2.45, 2.75) is 104 Å². The summed E-state index contributed by atoms with van der Waals surface area (Å²) in [5.41, 5.74) is 5.56. The summed E-state index contributed by atoms with van der Waals surface area (Å²) in [5.74, 6) is 0.499. The fourth-order valence-corrected chi connectivity index (χ4v) is 2.80. The van der Waals surface area contributed by atoms with Gasteiger partial charge in [-0.2, -0.15) is 0 Å². The predicted octanol–water partition coefficient (Wildman–Crippen LogP) is 6.64. The molecule has 0 radical (unpaired) electrons. The first-order valence-corrected chi connectivity index (χ1v) is 10.7. The molecular formula is C22H45NO. The van der Waals surface area contributed by atoms with Gasteiger partial charge in [0.25, 0.3) is 0 Å². The van der Waals surface area contributed by atoms with E-state index in [1.165, 1.54) is 89.9 Å². The monoisotopic (exact) mass is 339 g/mol. The second-order valence-electron chi connectivity index (χ2n) is 7.35. The van der Waals surface area contributed by atoms with Crippen LogP contribution in [0.4, 0.5) is 0 Å². The van der Waals surface area contributed by atoms with Crippen LogP contribution in [0.1, 0.15) is 104 Å². The van der Waals surface area contributed by atoms with Crippen molar-refractivity contribution in [3.63, 3.8) is 0 Å². The Bertz CT molecular complexity index is 252. The molecule has 2 nitrogen and oxygen atoms in total. The summed E-state index contributed by atoms with van der Waals surface area (Å²) in [6, 6.07) is 0. The zero-order valence-electron chi connectivity index (χ0n) is 16.7. The van der Waals surface area contributed by atoms with E-state index in [-0.39, 0.29) is 0 Å². The van der Waals surface area contributed by atoms with Crippen LogP contribution in [0.25, 0.3) is 0 Å². The average Bonchev–Trinajstić information content (AvgIpc) is 2.60. The molecule has 0 fully saturated rings. The van der Waals surface area contributed by atoms with Crippen molar-refractivity contribution in [1.29, 1.82) is 0 Å². The fraction of sp³-hybridized carbons (Fsp3) is 0.909. The molecule has 0 aliphatic rings. The Morgan fingerprint density at radius 2 is 1.25 bits per heavy atom. The molecule has 144 valence electrons. The van der Waals surface area contributed by atoms with Gasteiger partial charge in [-0.05, 0) is 44.6 Å². The summed E-state index contributed by atoms with van der Waals surface area (Å²) in [5, 5.41) is 0. The lowest BCUT2D eigenvalue weighted by atomic mass is 10.1. The Labute approximate surface area is 152 Å². The Hall–Kier alpha value is -0.340. The van der Waals surface area contributed by atoms with Gasteiger partial charge in [0.05, 0.1) is 6.61 Å². The molecule has 0 rings (SSSR count). The van der Waals surface area contributed by atoms with E-state index in [0.29, 0.717) is 5.92 Å². The molecule has 0 aromatic rings. The lowest BCUT2D eigenvalue weighted by Gasteiger charge is -2.08. The first kappa shape index (κ1) is 23.7. The average molecular weight is 340 g/mol. The predicted molar refractivity (Wildman–Crippen MR) is 108 cm³/mol. The zero-order chi connectivity index (χ0) is 17.7. The quantitative estimate of drug-likeness (QED) is 0.211. The SMILES string of the molecule is CCCCCCCC/C=C\CCCCCCCCOCC(C)CN. The van der Waals surface area contributed by atoms with Crippen molar-refractivity contribution in [1.82, 2.24) is 0 Å². The minimum atomic E-state index is 0.499. The van der Waals surface area contributed by atoms with Gasteiger partial charge in [0.2, 0.25) is 0 Å². The number of unbranched alkanes of at least 4 members (excludes halogenated alkanes) is 12. The van der Waals surface area contributed by atoms with Gasteiger partial charge in [-0.25, -0.2) is 0 Å². The maximum atomic E-state index is 5.62. The highest BCUT2D eigenvalue weighted by Crippen LogP contribution is 2.10. The molecular weight excluding hydrogens is 294 g/mol. The minimum absolute atomic E-state index is 0.499. The van der Waals surface area contributed by atoms with Crippen LogP contribution in [0, 0.1) is 5.92 Å². The Kier molecular flexibility index (Phi) is 20.4. The summed E-state index contributed by atoms with van der Waals surface area (Å²) >= 11 is 0. The second-order valence-corrected chi connectivity index (χ2v) is 7.35. The third-order valence-electron chi connectivity index (χ3n) is 4.61. The third-order valence-corrected chi connectivity index (χ3v) is 4.61. The van der Waals surface area contributed by atoms with Crippen LogP contribution >= 0.6 is 0 Å². The van der Waals surface area contributed by atoms with Crippen LogP contribution in [-0.2, 0) is 4.74 Å². The van der Waals surface area contributed by atoms with Crippen molar-refractivity contribution >= 4 is 0 Å². The van der Waals surface area contributed by atoms with E-state index < -0.39 is 0 Å². The van der Waals surface area contributed by atoms with Gasteiger partial charge in [0, 0.05) is 6.61 Å². The van der Waals surface area contributed by atoms with Gasteiger partial charge < -0.3 is 10.5 Å². The molecule has 0 aliphatic heterocycles. The molecule has 1 unspecified atom stereocenters. The van der Waals surface area contributed by atoms with E-state index in [1.54, 1.807) is 0 Å². The van der Waals surface area contributed by atoms with E-state index in [2.05, 4.69) is 26.0 Å². The minimum Gasteiger partial charge on any atom is -0.381 e. The molecule has 0 saturated heterocycles. The van der Waals surface area contributed by atoms with Crippen molar-refractivity contribution in [2.24, 2.45) is 11.7 Å². The largest absolute Gasteiger partial charge is 0.381 e. The topological polar surface area (TPSA) is 35.2 Å². The van der Waals surface area contributed by atoms with Crippen LogP contribution in [0.15, 0.2) is 12.2 Å². The normalized spacial score (nSPS) is 13.0. The molecule has 1 atom stereocenters. The van der Waals surface area contributed by atoms with E-state index in [1.807, 2.05) is 0 Å². The second kappa shape index (κ2) is 20.7. The molecule has 0 aromatic heterocycles. The Balaban J connectivity index is 3.08. The van der Waals surface area contributed by atoms with E-state index in [4.69, 9.17) is 10.5 Å². The molecule has 2 heteroatoms. The molecule has 2 N–H and O–H groups in total. The third kappa shape index (κ3) is 19.7. The summed E-state index contributed by atoms with van der Waals surface area (Å²) in [4.78, 5) is 0. The summed E-state index contributed by atoms with van der Waals surface area (Å²) in [7, 11) is 0. The van der Waals surface area contributed by atoms with Crippen LogP contribution in [-0.4, -0.2) is 19.8 Å². The summed E-state index contributed by atoms with van der Waals surface area (Å²) < 4.78 is 5.62. The molecule has 0 bridgehead atoms. The van der Waals surface area contributed by atoms with Crippen LogP contribution in [0.3, 0.4) is 0 Å². The fourth-order valence-electron chi connectivity index (χ4n) is 2.80. The molecule has 0 amide bonds. The lowest BCUT2D eigenvalue weighted by molar-refractivity contribution is 0.103. The summed E-state index contributed by atoms with van der Waals surface area (Å²) in [6.07, 6.45) is 23.8. The van der Waals surface area contributed by atoms with Crippen molar-refractivity contribution in [3.05, 3.63) is 12.2 Å². The number of ether oxygens (including phenoxy) is 1. The maximum Gasteiger partial charge on any atom is 0.0503 e.